The van der Waals surface area contributed by atoms with Gasteiger partial charge in [-0.3, -0.25) is 4.98 Å². The fourth-order valence-electron chi connectivity index (χ4n) is 2.23. The van der Waals surface area contributed by atoms with E-state index in [1.54, 1.807) is 0 Å². The molecule has 104 valence electrons. The zero-order chi connectivity index (χ0) is 14.8. The molecule has 1 heterocycles. The second kappa shape index (κ2) is 5.32. The number of carboxylic acid groups (broad SMARTS) is 1. The molecule has 0 fully saturated rings. The van der Waals surface area contributed by atoms with E-state index in [-0.39, 0.29) is 5.56 Å². The third kappa shape index (κ3) is 2.74. The van der Waals surface area contributed by atoms with E-state index in [1.807, 2.05) is 36.4 Å². The van der Waals surface area contributed by atoms with Gasteiger partial charge in [-0.15, -0.1) is 0 Å². The summed E-state index contributed by atoms with van der Waals surface area (Å²) in [5.41, 5.74) is 1.98. The summed E-state index contributed by atoms with van der Waals surface area (Å²) < 4.78 is 13.9. The smallest absolute Gasteiger partial charge is 0.335 e. The van der Waals surface area contributed by atoms with Gasteiger partial charge in [-0.25, -0.2) is 9.18 Å². The largest absolute Gasteiger partial charge is 0.478 e. The number of rotatable bonds is 3. The van der Waals surface area contributed by atoms with E-state index in [0.717, 1.165) is 22.7 Å². The summed E-state index contributed by atoms with van der Waals surface area (Å²) in [5.74, 6) is -1.66. The topological polar surface area (TPSA) is 50.2 Å². The Kier molecular flexibility index (Phi) is 3.36. The Morgan fingerprint density at radius 3 is 2.67 bits per heavy atom. The maximum atomic E-state index is 13.9. The lowest BCUT2D eigenvalue weighted by molar-refractivity contribution is 0.0696. The SMILES string of the molecule is O=C(O)c1ccc(Cc2ccc3ccccc3n2)c(F)c1. The minimum absolute atomic E-state index is 0.0530. The van der Waals surface area contributed by atoms with Crippen molar-refractivity contribution in [2.45, 2.75) is 6.42 Å². The maximum absolute atomic E-state index is 13.9. The number of carboxylic acids is 1. The zero-order valence-electron chi connectivity index (χ0n) is 11.1. The Bertz CT molecular complexity index is 830. The molecule has 0 aliphatic rings. The van der Waals surface area contributed by atoms with Gasteiger partial charge in [0, 0.05) is 17.5 Å². The molecule has 1 N–H and O–H groups in total. The average molecular weight is 281 g/mol. The van der Waals surface area contributed by atoms with Crippen molar-refractivity contribution in [1.82, 2.24) is 4.98 Å². The van der Waals surface area contributed by atoms with Crippen molar-refractivity contribution in [3.63, 3.8) is 0 Å². The summed E-state index contributed by atoms with van der Waals surface area (Å²) in [7, 11) is 0. The van der Waals surface area contributed by atoms with Crippen LogP contribution in [0.3, 0.4) is 0 Å². The number of carbonyl (C=O) groups is 1. The molecule has 0 atom stereocenters. The summed E-state index contributed by atoms with van der Waals surface area (Å²) in [5, 5.41) is 9.86. The van der Waals surface area contributed by atoms with Gasteiger partial charge in [-0.05, 0) is 29.8 Å². The van der Waals surface area contributed by atoms with Crippen LogP contribution in [0, 0.1) is 5.82 Å². The molecule has 21 heavy (non-hydrogen) atoms. The Morgan fingerprint density at radius 1 is 1.10 bits per heavy atom. The van der Waals surface area contributed by atoms with Crippen LogP contribution < -0.4 is 0 Å². The highest BCUT2D eigenvalue weighted by atomic mass is 19.1. The number of halogens is 1. The van der Waals surface area contributed by atoms with Crippen molar-refractivity contribution in [1.29, 1.82) is 0 Å². The van der Waals surface area contributed by atoms with E-state index in [2.05, 4.69) is 4.98 Å². The van der Waals surface area contributed by atoms with Crippen molar-refractivity contribution in [3.8, 4) is 0 Å². The molecule has 0 aliphatic heterocycles. The molecule has 0 bridgehead atoms. The number of hydrogen-bond acceptors (Lipinski definition) is 2. The molecule has 0 saturated carbocycles. The van der Waals surface area contributed by atoms with E-state index in [0.29, 0.717) is 12.0 Å². The minimum Gasteiger partial charge on any atom is -0.478 e. The van der Waals surface area contributed by atoms with Gasteiger partial charge in [0.25, 0.3) is 0 Å². The van der Waals surface area contributed by atoms with Gasteiger partial charge in [0.05, 0.1) is 11.1 Å². The lowest BCUT2D eigenvalue weighted by Gasteiger charge is -2.05. The minimum atomic E-state index is -1.13. The quantitative estimate of drug-likeness (QED) is 0.797. The third-order valence-corrected chi connectivity index (χ3v) is 3.33. The Hall–Kier alpha value is -2.75. The first-order valence-corrected chi connectivity index (χ1v) is 6.50. The molecular weight excluding hydrogens is 269 g/mol. The molecule has 0 saturated heterocycles. The molecule has 0 amide bonds. The van der Waals surface area contributed by atoms with E-state index in [9.17, 15) is 9.18 Å². The van der Waals surface area contributed by atoms with Crippen LogP contribution in [0.25, 0.3) is 10.9 Å². The molecule has 4 heteroatoms. The first-order chi connectivity index (χ1) is 10.1. The summed E-state index contributed by atoms with van der Waals surface area (Å²) in [4.78, 5) is 15.3. The fourth-order valence-corrected chi connectivity index (χ4v) is 2.23. The van der Waals surface area contributed by atoms with Gasteiger partial charge >= 0.3 is 5.97 Å². The van der Waals surface area contributed by atoms with Gasteiger partial charge < -0.3 is 5.11 Å². The van der Waals surface area contributed by atoms with E-state index in [1.165, 1.54) is 12.1 Å². The first-order valence-electron chi connectivity index (χ1n) is 6.50. The Morgan fingerprint density at radius 2 is 1.90 bits per heavy atom. The van der Waals surface area contributed by atoms with Gasteiger partial charge in [0.15, 0.2) is 0 Å². The Labute approximate surface area is 120 Å². The molecule has 0 aliphatic carbocycles. The first kappa shape index (κ1) is 13.2. The monoisotopic (exact) mass is 281 g/mol. The average Bonchev–Trinajstić information content (AvgIpc) is 2.49. The molecule has 2 aromatic carbocycles. The molecule has 1 aromatic heterocycles. The summed E-state index contributed by atoms with van der Waals surface area (Å²) >= 11 is 0. The second-order valence-electron chi connectivity index (χ2n) is 4.78. The second-order valence-corrected chi connectivity index (χ2v) is 4.78. The van der Waals surface area contributed by atoms with E-state index in [4.69, 9.17) is 5.11 Å². The zero-order valence-corrected chi connectivity index (χ0v) is 11.1. The van der Waals surface area contributed by atoms with Crippen LogP contribution in [0.2, 0.25) is 0 Å². The highest BCUT2D eigenvalue weighted by Gasteiger charge is 2.09. The van der Waals surface area contributed by atoms with Gasteiger partial charge in [-0.2, -0.15) is 0 Å². The molecule has 0 radical (unpaired) electrons. The summed E-state index contributed by atoms with van der Waals surface area (Å²) in [6, 6.07) is 15.5. The number of benzene rings is 2. The molecular formula is C17H12FNO2. The number of nitrogens with zero attached hydrogens (tertiary/aromatic N) is 1. The van der Waals surface area contributed by atoms with Crippen LogP contribution in [0.15, 0.2) is 54.6 Å². The van der Waals surface area contributed by atoms with Crippen molar-refractivity contribution in [2.75, 3.05) is 0 Å². The maximum Gasteiger partial charge on any atom is 0.335 e. The highest BCUT2D eigenvalue weighted by molar-refractivity contribution is 5.87. The van der Waals surface area contributed by atoms with Crippen LogP contribution in [-0.4, -0.2) is 16.1 Å². The number of hydrogen-bond donors (Lipinski definition) is 1. The van der Waals surface area contributed by atoms with Crippen molar-refractivity contribution in [3.05, 3.63) is 77.2 Å². The highest BCUT2D eigenvalue weighted by Crippen LogP contribution is 2.17. The Balaban J connectivity index is 1.93. The van der Waals surface area contributed by atoms with Gasteiger partial charge in [0.1, 0.15) is 5.82 Å². The standard InChI is InChI=1S/C17H12FNO2/c18-15-10-13(17(20)21)6-5-12(15)9-14-8-7-11-3-1-2-4-16(11)19-14/h1-8,10H,9H2,(H,20,21). The third-order valence-electron chi connectivity index (χ3n) is 3.33. The summed E-state index contributed by atoms with van der Waals surface area (Å²) in [6.45, 7) is 0. The van der Waals surface area contributed by atoms with Crippen LogP contribution in [0.5, 0.6) is 0 Å². The predicted octanol–water partition coefficient (Wildman–Crippen LogP) is 3.66. The number of aromatic nitrogens is 1. The van der Waals surface area contributed by atoms with Crippen molar-refractivity contribution < 1.29 is 14.3 Å². The molecule has 0 spiro atoms. The lowest BCUT2D eigenvalue weighted by atomic mass is 10.1. The van der Waals surface area contributed by atoms with Crippen LogP contribution >= 0.6 is 0 Å². The number of para-hydroxylation sites is 1. The fraction of sp³-hybridized carbons (Fsp3) is 0.0588. The molecule has 3 rings (SSSR count). The van der Waals surface area contributed by atoms with E-state index >= 15 is 0 Å². The van der Waals surface area contributed by atoms with Crippen LogP contribution in [-0.2, 0) is 6.42 Å². The van der Waals surface area contributed by atoms with Gasteiger partial charge in [0.2, 0.25) is 0 Å². The van der Waals surface area contributed by atoms with Crippen LogP contribution in [0.4, 0.5) is 4.39 Å². The number of fused-ring (bicyclic) bond motifs is 1. The molecule has 3 nitrogen and oxygen atoms in total. The molecule has 0 unspecified atom stereocenters. The van der Waals surface area contributed by atoms with E-state index < -0.39 is 11.8 Å². The van der Waals surface area contributed by atoms with Crippen molar-refractivity contribution >= 4 is 16.9 Å². The number of aromatic carboxylic acids is 1. The number of pyridine rings is 1. The van der Waals surface area contributed by atoms with Crippen LogP contribution in [0.1, 0.15) is 21.6 Å². The lowest BCUT2D eigenvalue weighted by Crippen LogP contribution is -2.01. The normalized spacial score (nSPS) is 10.7. The summed E-state index contributed by atoms with van der Waals surface area (Å²) in [6.07, 6.45) is 0.330. The van der Waals surface area contributed by atoms with Crippen molar-refractivity contribution in [2.24, 2.45) is 0 Å². The molecule has 3 aromatic rings. The van der Waals surface area contributed by atoms with Gasteiger partial charge in [-0.1, -0.05) is 30.3 Å². The predicted molar refractivity (Wildman–Crippen MR) is 77.9 cm³/mol.